The van der Waals surface area contributed by atoms with Gasteiger partial charge in [0, 0.05) is 0 Å². The molecule has 0 heterocycles. The van der Waals surface area contributed by atoms with Gasteiger partial charge in [0.25, 0.3) is 11.8 Å². The van der Waals surface area contributed by atoms with Crippen LogP contribution in [0.5, 0.6) is 11.5 Å². The first kappa shape index (κ1) is 26.2. The van der Waals surface area contributed by atoms with E-state index in [0.717, 1.165) is 24.0 Å². The Labute approximate surface area is 211 Å². The molecule has 0 aromatic heterocycles. The molecule has 3 aromatic rings. The summed E-state index contributed by atoms with van der Waals surface area (Å²) in [6.45, 7) is 4.65. The lowest BCUT2D eigenvalue weighted by atomic mass is 10.1. The van der Waals surface area contributed by atoms with Gasteiger partial charge in [-0.3, -0.25) is 9.59 Å². The monoisotopic (exact) mass is 486 g/mol. The lowest BCUT2D eigenvalue weighted by Gasteiger charge is -2.16. The summed E-state index contributed by atoms with van der Waals surface area (Å²) in [4.78, 5) is 25.9. The molecule has 0 saturated heterocycles. The highest BCUT2D eigenvalue weighted by molar-refractivity contribution is 6.02. The van der Waals surface area contributed by atoms with Gasteiger partial charge in [0.1, 0.15) is 11.5 Å². The molecule has 0 bridgehead atoms. The smallest absolute Gasteiger partial charge is 0.275 e. The van der Waals surface area contributed by atoms with Gasteiger partial charge in [-0.25, -0.2) is 10.9 Å². The predicted octanol–water partition coefficient (Wildman–Crippen LogP) is 4.79. The standard InChI is InChI=1S/C28H30N4O4/c1-3-15-35-25-17-24(28(34)32-30-20-22-13-9-6-10-14-22)26(36-16-4-2)18-23(25)27(33)31-29-19-21-11-7-5-8-12-21/h5-14,17-20H,3-4,15-16H2,1-2H3,(H,31,33)(H,32,34)/b29-19+,30-20+. The molecule has 2 N–H and O–H groups in total. The first-order valence-electron chi connectivity index (χ1n) is 11.8. The molecular formula is C28H30N4O4. The van der Waals surface area contributed by atoms with Crippen molar-refractivity contribution < 1.29 is 19.1 Å². The average molecular weight is 487 g/mol. The Balaban J connectivity index is 1.86. The van der Waals surface area contributed by atoms with E-state index < -0.39 is 11.8 Å². The number of hydrogen-bond donors (Lipinski definition) is 2. The highest BCUT2D eigenvalue weighted by atomic mass is 16.5. The van der Waals surface area contributed by atoms with Crippen LogP contribution in [0.25, 0.3) is 0 Å². The SMILES string of the molecule is CCCOc1cc(C(=O)N/N=C/c2ccccc2)c(OCCC)cc1C(=O)N/N=C/c1ccccc1. The van der Waals surface area contributed by atoms with Crippen LogP contribution in [0.15, 0.2) is 83.0 Å². The van der Waals surface area contributed by atoms with Crippen molar-refractivity contribution in [2.24, 2.45) is 10.2 Å². The first-order chi connectivity index (χ1) is 17.6. The number of rotatable bonds is 12. The molecule has 0 unspecified atom stereocenters. The molecule has 8 nitrogen and oxygen atoms in total. The van der Waals surface area contributed by atoms with Crippen molar-refractivity contribution in [2.75, 3.05) is 13.2 Å². The van der Waals surface area contributed by atoms with Crippen molar-refractivity contribution in [3.05, 3.63) is 95.1 Å². The zero-order valence-corrected chi connectivity index (χ0v) is 20.4. The maximum absolute atomic E-state index is 13.0. The third-order valence-corrected chi connectivity index (χ3v) is 4.85. The zero-order valence-electron chi connectivity index (χ0n) is 20.4. The fraction of sp³-hybridized carbons (Fsp3) is 0.214. The van der Waals surface area contributed by atoms with Crippen molar-refractivity contribution in [1.29, 1.82) is 0 Å². The van der Waals surface area contributed by atoms with Gasteiger partial charge >= 0.3 is 0 Å². The number of carbonyl (C=O) groups is 2. The van der Waals surface area contributed by atoms with Crippen LogP contribution >= 0.6 is 0 Å². The lowest BCUT2D eigenvalue weighted by Crippen LogP contribution is -2.22. The lowest BCUT2D eigenvalue weighted by molar-refractivity contribution is 0.0936. The van der Waals surface area contributed by atoms with Gasteiger partial charge in [-0.05, 0) is 36.1 Å². The minimum absolute atomic E-state index is 0.212. The minimum Gasteiger partial charge on any atom is -0.493 e. The Morgan fingerprint density at radius 2 is 1.08 bits per heavy atom. The van der Waals surface area contributed by atoms with E-state index in [4.69, 9.17) is 9.47 Å². The number of carbonyl (C=O) groups excluding carboxylic acids is 2. The van der Waals surface area contributed by atoms with Crippen LogP contribution in [0, 0.1) is 0 Å². The molecule has 0 saturated carbocycles. The number of ether oxygens (including phenoxy) is 2. The molecule has 0 atom stereocenters. The van der Waals surface area contributed by atoms with Crippen molar-refractivity contribution >= 4 is 24.2 Å². The second kappa shape index (κ2) is 14.1. The Hall–Kier alpha value is -4.46. The third-order valence-electron chi connectivity index (χ3n) is 4.85. The van der Waals surface area contributed by atoms with E-state index in [1.54, 1.807) is 12.4 Å². The molecule has 8 heteroatoms. The largest absolute Gasteiger partial charge is 0.493 e. The average Bonchev–Trinajstić information content (AvgIpc) is 2.91. The van der Waals surface area contributed by atoms with Gasteiger partial charge in [-0.1, -0.05) is 74.5 Å². The van der Waals surface area contributed by atoms with Crippen molar-refractivity contribution in [2.45, 2.75) is 26.7 Å². The van der Waals surface area contributed by atoms with E-state index in [1.807, 2.05) is 74.5 Å². The quantitative estimate of drug-likeness (QED) is 0.284. The van der Waals surface area contributed by atoms with Crippen LogP contribution in [-0.4, -0.2) is 37.5 Å². The van der Waals surface area contributed by atoms with E-state index in [1.165, 1.54) is 12.1 Å². The third kappa shape index (κ3) is 7.80. The van der Waals surface area contributed by atoms with Gasteiger partial charge < -0.3 is 9.47 Å². The molecule has 0 aliphatic rings. The van der Waals surface area contributed by atoms with E-state index in [9.17, 15) is 9.59 Å². The normalized spacial score (nSPS) is 10.9. The van der Waals surface area contributed by atoms with Crippen LogP contribution in [-0.2, 0) is 0 Å². The van der Waals surface area contributed by atoms with Gasteiger partial charge in [0.05, 0.1) is 36.8 Å². The molecule has 186 valence electrons. The summed E-state index contributed by atoms with van der Waals surface area (Å²) < 4.78 is 11.6. The molecule has 3 aromatic carbocycles. The summed E-state index contributed by atoms with van der Waals surface area (Å²) in [5, 5.41) is 8.08. The topological polar surface area (TPSA) is 101 Å². The van der Waals surface area contributed by atoms with Crippen molar-refractivity contribution in [3.63, 3.8) is 0 Å². The zero-order chi connectivity index (χ0) is 25.6. The number of nitrogens with one attached hydrogen (secondary N) is 2. The molecule has 3 rings (SSSR count). The highest BCUT2D eigenvalue weighted by Gasteiger charge is 2.21. The number of hydrogen-bond acceptors (Lipinski definition) is 6. The molecule has 0 radical (unpaired) electrons. The van der Waals surface area contributed by atoms with Crippen molar-refractivity contribution in [3.8, 4) is 11.5 Å². The first-order valence-corrected chi connectivity index (χ1v) is 11.8. The van der Waals surface area contributed by atoms with E-state index >= 15 is 0 Å². The molecule has 36 heavy (non-hydrogen) atoms. The predicted molar refractivity (Wildman–Crippen MR) is 141 cm³/mol. The van der Waals surface area contributed by atoms with Crippen LogP contribution in [0.1, 0.15) is 58.5 Å². The maximum Gasteiger partial charge on any atom is 0.275 e. The van der Waals surface area contributed by atoms with Crippen LogP contribution in [0.3, 0.4) is 0 Å². The van der Waals surface area contributed by atoms with Gasteiger partial charge in [0.15, 0.2) is 0 Å². The number of amides is 2. The Morgan fingerprint density at radius 3 is 1.44 bits per heavy atom. The van der Waals surface area contributed by atoms with Gasteiger partial charge in [0.2, 0.25) is 0 Å². The maximum atomic E-state index is 13.0. The summed E-state index contributed by atoms with van der Waals surface area (Å²) >= 11 is 0. The van der Waals surface area contributed by atoms with Crippen molar-refractivity contribution in [1.82, 2.24) is 10.9 Å². The summed E-state index contributed by atoms with van der Waals surface area (Å²) in [6.07, 6.45) is 4.55. The van der Waals surface area contributed by atoms with Gasteiger partial charge in [-0.2, -0.15) is 10.2 Å². The Kier molecular flexibility index (Phi) is 10.2. The van der Waals surface area contributed by atoms with Crippen LogP contribution in [0.2, 0.25) is 0 Å². The number of hydrazone groups is 2. The Morgan fingerprint density at radius 1 is 0.694 bits per heavy atom. The fourth-order valence-electron chi connectivity index (χ4n) is 3.11. The fourth-order valence-corrected chi connectivity index (χ4v) is 3.11. The molecular weight excluding hydrogens is 456 g/mol. The molecule has 0 fully saturated rings. The molecule has 2 amide bonds. The second-order valence-electron chi connectivity index (χ2n) is 7.76. The van der Waals surface area contributed by atoms with E-state index in [-0.39, 0.29) is 22.6 Å². The van der Waals surface area contributed by atoms with Gasteiger partial charge in [-0.15, -0.1) is 0 Å². The molecule has 0 aliphatic carbocycles. The number of benzene rings is 3. The van der Waals surface area contributed by atoms with Crippen LogP contribution in [0.4, 0.5) is 0 Å². The summed E-state index contributed by atoms with van der Waals surface area (Å²) in [6, 6.07) is 21.8. The van der Waals surface area contributed by atoms with E-state index in [2.05, 4.69) is 21.1 Å². The van der Waals surface area contributed by atoms with Crippen LogP contribution < -0.4 is 20.3 Å². The second-order valence-corrected chi connectivity index (χ2v) is 7.76. The summed E-state index contributed by atoms with van der Waals surface area (Å²) in [5.41, 5.74) is 7.15. The Bertz CT molecular complexity index is 1100. The number of nitrogens with zero attached hydrogens (tertiary/aromatic N) is 2. The molecule has 0 spiro atoms. The minimum atomic E-state index is -0.483. The summed E-state index contributed by atoms with van der Waals surface area (Å²) in [7, 11) is 0. The highest BCUT2D eigenvalue weighted by Crippen LogP contribution is 2.30. The summed E-state index contributed by atoms with van der Waals surface area (Å²) in [5.74, 6) is -0.456. The van der Waals surface area contributed by atoms with E-state index in [0.29, 0.717) is 13.2 Å². The molecule has 0 aliphatic heterocycles.